The van der Waals surface area contributed by atoms with Crippen LogP contribution in [-0.4, -0.2) is 21.9 Å². The molecule has 5 nitrogen and oxygen atoms in total. The largest absolute Gasteiger partial charge is 0.434 e. The van der Waals surface area contributed by atoms with E-state index in [-0.39, 0.29) is 24.6 Å². The molecule has 23 heavy (non-hydrogen) atoms. The number of amides is 1. The van der Waals surface area contributed by atoms with Crippen LogP contribution in [0.25, 0.3) is 4.96 Å². The Morgan fingerprint density at radius 2 is 2.22 bits per heavy atom. The number of aromatic nitrogens is 2. The Kier molecular flexibility index (Phi) is 4.52. The number of halogens is 2. The molecule has 1 amide bonds. The zero-order valence-corrected chi connectivity index (χ0v) is 12.7. The second kappa shape index (κ2) is 6.74. The van der Waals surface area contributed by atoms with Crippen molar-refractivity contribution in [2.75, 3.05) is 0 Å². The molecule has 0 radical (unpaired) electrons. The number of ether oxygens (including phenoxy) is 1. The molecule has 0 aliphatic heterocycles. The van der Waals surface area contributed by atoms with Gasteiger partial charge in [0.25, 0.3) is 0 Å². The van der Waals surface area contributed by atoms with Gasteiger partial charge in [-0.05, 0) is 6.07 Å². The second-order valence-corrected chi connectivity index (χ2v) is 5.64. The van der Waals surface area contributed by atoms with E-state index in [9.17, 15) is 13.6 Å². The lowest BCUT2D eigenvalue weighted by atomic mass is 10.2. The third kappa shape index (κ3) is 3.84. The van der Waals surface area contributed by atoms with Crippen molar-refractivity contribution < 1.29 is 18.3 Å². The van der Waals surface area contributed by atoms with Gasteiger partial charge in [0, 0.05) is 29.9 Å². The molecular formula is C15H13F2N3O2S. The van der Waals surface area contributed by atoms with Crippen LogP contribution in [0, 0.1) is 0 Å². The molecule has 0 saturated heterocycles. The van der Waals surface area contributed by atoms with E-state index in [1.54, 1.807) is 24.4 Å². The maximum Gasteiger partial charge on any atom is 0.387 e. The van der Waals surface area contributed by atoms with E-state index in [0.29, 0.717) is 11.3 Å². The summed E-state index contributed by atoms with van der Waals surface area (Å²) in [6.45, 7) is -2.78. The number of nitrogens with one attached hydrogen (secondary N) is 1. The number of alkyl halides is 2. The first-order valence-corrected chi connectivity index (χ1v) is 7.70. The van der Waals surface area contributed by atoms with E-state index in [1.165, 1.54) is 17.4 Å². The summed E-state index contributed by atoms with van der Waals surface area (Å²) in [4.78, 5) is 17.1. The standard InChI is InChI=1S/C15H13F2N3O2S/c16-14(17)22-12-4-2-1-3-10(12)8-18-13(21)7-11-9-20-5-6-23-15(20)19-11/h1-6,9,14H,7-8H2,(H,18,21). The molecule has 0 fully saturated rings. The zero-order chi connectivity index (χ0) is 16.2. The Morgan fingerprint density at radius 1 is 1.39 bits per heavy atom. The molecule has 8 heteroatoms. The van der Waals surface area contributed by atoms with Gasteiger partial charge in [0.05, 0.1) is 12.1 Å². The number of benzene rings is 1. The molecule has 120 valence electrons. The zero-order valence-electron chi connectivity index (χ0n) is 11.9. The van der Waals surface area contributed by atoms with Crippen molar-refractivity contribution in [2.45, 2.75) is 19.6 Å². The molecule has 2 aromatic heterocycles. The summed E-state index contributed by atoms with van der Waals surface area (Å²) in [6.07, 6.45) is 3.79. The average Bonchev–Trinajstić information content (AvgIpc) is 3.07. The normalized spacial score (nSPS) is 11.1. The van der Waals surface area contributed by atoms with Crippen molar-refractivity contribution in [2.24, 2.45) is 0 Å². The Hall–Kier alpha value is -2.48. The van der Waals surface area contributed by atoms with Crippen LogP contribution in [0.3, 0.4) is 0 Å². The molecular weight excluding hydrogens is 324 g/mol. The first-order chi connectivity index (χ1) is 11.1. The quantitative estimate of drug-likeness (QED) is 0.752. The van der Waals surface area contributed by atoms with Gasteiger partial charge in [0.1, 0.15) is 5.75 Å². The monoisotopic (exact) mass is 337 g/mol. The van der Waals surface area contributed by atoms with Crippen LogP contribution in [0.5, 0.6) is 5.75 Å². The Balaban J connectivity index is 1.59. The minimum atomic E-state index is -2.90. The first kappa shape index (κ1) is 15.4. The fourth-order valence-electron chi connectivity index (χ4n) is 2.14. The molecule has 3 aromatic rings. The molecule has 0 saturated carbocycles. The van der Waals surface area contributed by atoms with Crippen molar-refractivity contribution in [1.29, 1.82) is 0 Å². The summed E-state index contributed by atoms with van der Waals surface area (Å²) in [7, 11) is 0. The van der Waals surface area contributed by atoms with Crippen LogP contribution in [0.4, 0.5) is 8.78 Å². The topological polar surface area (TPSA) is 55.6 Å². The van der Waals surface area contributed by atoms with Crippen molar-refractivity contribution in [3.8, 4) is 5.75 Å². The predicted molar refractivity (Wildman–Crippen MR) is 81.7 cm³/mol. The smallest absolute Gasteiger partial charge is 0.387 e. The van der Waals surface area contributed by atoms with Gasteiger partial charge in [-0.25, -0.2) is 4.98 Å². The summed E-state index contributed by atoms with van der Waals surface area (Å²) >= 11 is 1.49. The highest BCUT2D eigenvalue weighted by Crippen LogP contribution is 2.20. The fourth-order valence-corrected chi connectivity index (χ4v) is 2.86. The van der Waals surface area contributed by atoms with Crippen molar-refractivity contribution in [3.05, 3.63) is 53.3 Å². The summed E-state index contributed by atoms with van der Waals surface area (Å²) in [5.74, 6) is -0.173. The molecule has 1 aromatic carbocycles. The van der Waals surface area contributed by atoms with E-state index in [4.69, 9.17) is 0 Å². The number of hydrogen-bond acceptors (Lipinski definition) is 4. The summed E-state index contributed by atoms with van der Waals surface area (Å²) in [5, 5.41) is 4.60. The number of rotatable bonds is 6. The van der Waals surface area contributed by atoms with Gasteiger partial charge in [0.15, 0.2) is 4.96 Å². The number of carbonyl (C=O) groups excluding carboxylic acids is 1. The SMILES string of the molecule is O=C(Cc1cn2ccsc2n1)NCc1ccccc1OC(F)F. The summed E-state index contributed by atoms with van der Waals surface area (Å²) in [5.41, 5.74) is 1.15. The summed E-state index contributed by atoms with van der Waals surface area (Å²) in [6, 6.07) is 6.37. The van der Waals surface area contributed by atoms with Crippen LogP contribution >= 0.6 is 11.3 Å². The van der Waals surface area contributed by atoms with Gasteiger partial charge < -0.3 is 10.1 Å². The number of thiazole rings is 1. The van der Waals surface area contributed by atoms with Crippen molar-refractivity contribution in [3.63, 3.8) is 0 Å². The Morgan fingerprint density at radius 3 is 3.00 bits per heavy atom. The molecule has 0 aliphatic rings. The van der Waals surface area contributed by atoms with E-state index in [2.05, 4.69) is 15.0 Å². The average molecular weight is 337 g/mol. The van der Waals surface area contributed by atoms with E-state index in [0.717, 1.165) is 4.96 Å². The van der Waals surface area contributed by atoms with Crippen LogP contribution in [-0.2, 0) is 17.8 Å². The highest BCUT2D eigenvalue weighted by atomic mass is 32.1. The minimum absolute atomic E-state index is 0.0605. The van der Waals surface area contributed by atoms with E-state index >= 15 is 0 Å². The molecule has 0 bridgehead atoms. The van der Waals surface area contributed by atoms with E-state index in [1.807, 2.05) is 16.0 Å². The number of hydrogen-bond donors (Lipinski definition) is 1. The molecule has 0 atom stereocenters. The number of nitrogens with zero attached hydrogens (tertiary/aromatic N) is 2. The molecule has 0 spiro atoms. The maximum absolute atomic E-state index is 12.3. The number of para-hydroxylation sites is 1. The lowest BCUT2D eigenvalue weighted by Crippen LogP contribution is -2.25. The van der Waals surface area contributed by atoms with Crippen LogP contribution in [0.15, 0.2) is 42.0 Å². The second-order valence-electron chi connectivity index (χ2n) is 4.76. The molecule has 0 aliphatic carbocycles. The minimum Gasteiger partial charge on any atom is -0.434 e. The van der Waals surface area contributed by atoms with Gasteiger partial charge in [-0.15, -0.1) is 11.3 Å². The lowest BCUT2D eigenvalue weighted by Gasteiger charge is -2.11. The van der Waals surface area contributed by atoms with Gasteiger partial charge >= 0.3 is 6.61 Å². The van der Waals surface area contributed by atoms with Gasteiger partial charge in [0.2, 0.25) is 5.91 Å². The molecule has 2 heterocycles. The van der Waals surface area contributed by atoms with Crippen molar-refractivity contribution >= 4 is 22.2 Å². The van der Waals surface area contributed by atoms with E-state index < -0.39 is 6.61 Å². The van der Waals surface area contributed by atoms with Crippen LogP contribution < -0.4 is 10.1 Å². The molecule has 1 N–H and O–H groups in total. The van der Waals surface area contributed by atoms with Gasteiger partial charge in [-0.1, -0.05) is 18.2 Å². The fraction of sp³-hybridized carbons (Fsp3) is 0.200. The lowest BCUT2D eigenvalue weighted by molar-refractivity contribution is -0.120. The summed E-state index contributed by atoms with van der Waals surface area (Å²) < 4.78 is 30.9. The Bertz CT molecular complexity index is 787. The van der Waals surface area contributed by atoms with Crippen LogP contribution in [0.2, 0.25) is 0 Å². The van der Waals surface area contributed by atoms with Crippen LogP contribution in [0.1, 0.15) is 11.3 Å². The predicted octanol–water partition coefficient (Wildman–Crippen LogP) is 2.86. The van der Waals surface area contributed by atoms with Crippen molar-refractivity contribution in [1.82, 2.24) is 14.7 Å². The molecule has 3 rings (SSSR count). The van der Waals surface area contributed by atoms with Gasteiger partial charge in [-0.3, -0.25) is 9.20 Å². The third-order valence-corrected chi connectivity index (χ3v) is 3.92. The van der Waals surface area contributed by atoms with Gasteiger partial charge in [-0.2, -0.15) is 8.78 Å². The first-order valence-electron chi connectivity index (χ1n) is 6.82. The Labute approximate surface area is 134 Å². The number of carbonyl (C=O) groups is 1. The highest BCUT2D eigenvalue weighted by Gasteiger charge is 2.11. The molecule has 0 unspecified atom stereocenters. The highest BCUT2D eigenvalue weighted by molar-refractivity contribution is 7.15. The number of imidazole rings is 1. The maximum atomic E-state index is 12.3. The number of fused-ring (bicyclic) bond motifs is 1. The third-order valence-electron chi connectivity index (χ3n) is 3.15.